The minimum absolute atomic E-state index is 0.0731. The van der Waals surface area contributed by atoms with E-state index in [-0.39, 0.29) is 31.8 Å². The van der Waals surface area contributed by atoms with Gasteiger partial charge >= 0.3 is 0 Å². The summed E-state index contributed by atoms with van der Waals surface area (Å²) in [6, 6.07) is 14.2. The first-order valence-corrected chi connectivity index (χ1v) is 9.67. The Balaban J connectivity index is 1.78. The summed E-state index contributed by atoms with van der Waals surface area (Å²) in [6.45, 7) is 4.37. The number of aliphatic hydroxyl groups is 2. The molecule has 0 amide bonds. The van der Waals surface area contributed by atoms with Crippen LogP contribution in [0.4, 0.5) is 0 Å². The Bertz CT molecular complexity index is 674. The SMILES string of the molecule is CC(C)OCC(O)COc1ccc(Oc2ccc(OCC(O)CCl)cc2)cc1. The number of halogens is 1. The first-order valence-electron chi connectivity index (χ1n) is 9.13. The molecule has 0 spiro atoms. The van der Waals surface area contributed by atoms with Crippen LogP contribution < -0.4 is 14.2 Å². The van der Waals surface area contributed by atoms with Crippen LogP contribution in [0, 0.1) is 0 Å². The average Bonchev–Trinajstić information content (AvgIpc) is 2.71. The van der Waals surface area contributed by atoms with E-state index in [2.05, 4.69) is 0 Å². The first kappa shape index (κ1) is 22.3. The molecule has 7 heteroatoms. The molecule has 2 aromatic carbocycles. The first-order chi connectivity index (χ1) is 13.5. The van der Waals surface area contributed by atoms with Crippen LogP contribution in [-0.4, -0.2) is 54.2 Å². The lowest BCUT2D eigenvalue weighted by atomic mass is 10.3. The van der Waals surface area contributed by atoms with Crippen LogP contribution in [0.15, 0.2) is 48.5 Å². The topological polar surface area (TPSA) is 77.4 Å². The molecule has 0 aliphatic carbocycles. The zero-order valence-electron chi connectivity index (χ0n) is 16.1. The molecule has 0 radical (unpaired) electrons. The highest BCUT2D eigenvalue weighted by atomic mass is 35.5. The molecule has 0 saturated heterocycles. The third-order valence-corrected chi connectivity index (χ3v) is 3.92. The van der Waals surface area contributed by atoms with Crippen molar-refractivity contribution in [1.82, 2.24) is 0 Å². The van der Waals surface area contributed by atoms with Crippen molar-refractivity contribution in [3.63, 3.8) is 0 Å². The number of hydrogen-bond acceptors (Lipinski definition) is 6. The molecular weight excluding hydrogens is 384 g/mol. The lowest BCUT2D eigenvalue weighted by Gasteiger charge is -2.14. The number of ether oxygens (including phenoxy) is 4. The molecule has 0 saturated carbocycles. The van der Waals surface area contributed by atoms with Crippen molar-refractivity contribution in [2.45, 2.75) is 32.2 Å². The second-order valence-corrected chi connectivity index (χ2v) is 6.82. The van der Waals surface area contributed by atoms with E-state index in [1.165, 1.54) is 0 Å². The summed E-state index contributed by atoms with van der Waals surface area (Å²) in [6.07, 6.45) is -1.30. The average molecular weight is 411 g/mol. The summed E-state index contributed by atoms with van der Waals surface area (Å²) in [5, 5.41) is 19.2. The highest BCUT2D eigenvalue weighted by Gasteiger charge is 2.07. The van der Waals surface area contributed by atoms with Crippen molar-refractivity contribution < 1.29 is 29.2 Å². The largest absolute Gasteiger partial charge is 0.491 e. The van der Waals surface area contributed by atoms with Crippen molar-refractivity contribution in [1.29, 1.82) is 0 Å². The van der Waals surface area contributed by atoms with Crippen molar-refractivity contribution in [2.24, 2.45) is 0 Å². The summed E-state index contributed by atoms with van der Waals surface area (Å²) in [7, 11) is 0. The number of hydrogen-bond donors (Lipinski definition) is 2. The summed E-state index contributed by atoms with van der Waals surface area (Å²) >= 11 is 5.53. The molecule has 0 bridgehead atoms. The number of aliphatic hydroxyl groups excluding tert-OH is 2. The standard InChI is InChI=1S/C21H27ClO6/c1-15(2)25-13-17(24)14-27-19-5-9-21(10-6-19)28-20-7-3-18(4-8-20)26-12-16(23)11-22/h3-10,15-17,23-24H,11-14H2,1-2H3. The fraction of sp³-hybridized carbons (Fsp3) is 0.429. The summed E-state index contributed by atoms with van der Waals surface area (Å²) in [4.78, 5) is 0. The van der Waals surface area contributed by atoms with Crippen molar-refractivity contribution in [2.75, 3.05) is 25.7 Å². The Morgan fingerprint density at radius 2 is 1.14 bits per heavy atom. The van der Waals surface area contributed by atoms with Gasteiger partial charge in [0.25, 0.3) is 0 Å². The minimum Gasteiger partial charge on any atom is -0.491 e. The fourth-order valence-electron chi connectivity index (χ4n) is 2.12. The third-order valence-electron chi connectivity index (χ3n) is 3.57. The molecule has 2 atom stereocenters. The van der Waals surface area contributed by atoms with E-state index in [0.717, 1.165) is 0 Å². The van der Waals surface area contributed by atoms with E-state index < -0.39 is 12.2 Å². The maximum absolute atomic E-state index is 9.81. The van der Waals surface area contributed by atoms with Crippen LogP contribution in [0.5, 0.6) is 23.0 Å². The van der Waals surface area contributed by atoms with Gasteiger partial charge in [0.1, 0.15) is 48.4 Å². The molecule has 154 valence electrons. The molecule has 2 rings (SSSR count). The van der Waals surface area contributed by atoms with Crippen LogP contribution >= 0.6 is 11.6 Å². The van der Waals surface area contributed by atoms with E-state index in [0.29, 0.717) is 23.0 Å². The van der Waals surface area contributed by atoms with Gasteiger partial charge in [-0.25, -0.2) is 0 Å². The van der Waals surface area contributed by atoms with Gasteiger partial charge in [-0.1, -0.05) is 0 Å². The summed E-state index contributed by atoms with van der Waals surface area (Å²) in [5.74, 6) is 2.70. The molecule has 6 nitrogen and oxygen atoms in total. The predicted octanol–water partition coefficient (Wildman–Crippen LogP) is 3.62. The van der Waals surface area contributed by atoms with E-state index in [1.54, 1.807) is 48.5 Å². The molecule has 28 heavy (non-hydrogen) atoms. The highest BCUT2D eigenvalue weighted by molar-refractivity contribution is 6.18. The van der Waals surface area contributed by atoms with Gasteiger partial charge in [0.2, 0.25) is 0 Å². The van der Waals surface area contributed by atoms with Gasteiger partial charge in [0.05, 0.1) is 18.6 Å². The molecule has 2 N–H and O–H groups in total. The molecule has 0 fully saturated rings. The van der Waals surface area contributed by atoms with Crippen molar-refractivity contribution >= 4 is 11.6 Å². The third kappa shape index (κ3) is 8.35. The van der Waals surface area contributed by atoms with Crippen LogP contribution in [-0.2, 0) is 4.74 Å². The lowest BCUT2D eigenvalue weighted by molar-refractivity contribution is -0.0122. The molecule has 0 heterocycles. The van der Waals surface area contributed by atoms with Gasteiger partial charge in [-0.05, 0) is 62.4 Å². The smallest absolute Gasteiger partial charge is 0.127 e. The van der Waals surface area contributed by atoms with Crippen LogP contribution in [0.1, 0.15) is 13.8 Å². The summed E-state index contributed by atoms with van der Waals surface area (Å²) < 4.78 is 22.1. The number of benzene rings is 2. The van der Waals surface area contributed by atoms with E-state index in [9.17, 15) is 10.2 Å². The van der Waals surface area contributed by atoms with Gasteiger partial charge < -0.3 is 29.2 Å². The lowest BCUT2D eigenvalue weighted by Crippen LogP contribution is -2.25. The molecule has 0 aliphatic heterocycles. The zero-order valence-corrected chi connectivity index (χ0v) is 16.8. The van der Waals surface area contributed by atoms with Crippen molar-refractivity contribution in [3.8, 4) is 23.0 Å². The Morgan fingerprint density at radius 3 is 1.57 bits per heavy atom. The van der Waals surface area contributed by atoms with Crippen LogP contribution in [0.3, 0.4) is 0 Å². The quantitative estimate of drug-likeness (QED) is 0.520. The van der Waals surface area contributed by atoms with Gasteiger partial charge in [-0.3, -0.25) is 0 Å². The van der Waals surface area contributed by atoms with Crippen LogP contribution in [0.2, 0.25) is 0 Å². The predicted molar refractivity (Wildman–Crippen MR) is 108 cm³/mol. The molecular formula is C21H27ClO6. The maximum atomic E-state index is 9.81. The Hall–Kier alpha value is -1.99. The normalized spacial score (nSPS) is 13.2. The van der Waals surface area contributed by atoms with E-state index in [4.69, 9.17) is 30.5 Å². The molecule has 0 aliphatic rings. The van der Waals surface area contributed by atoms with Crippen LogP contribution in [0.25, 0.3) is 0 Å². The second-order valence-electron chi connectivity index (χ2n) is 6.51. The van der Waals surface area contributed by atoms with Gasteiger partial charge in [-0.15, -0.1) is 11.6 Å². The van der Waals surface area contributed by atoms with E-state index >= 15 is 0 Å². The van der Waals surface area contributed by atoms with E-state index in [1.807, 2.05) is 13.8 Å². The highest BCUT2D eigenvalue weighted by Crippen LogP contribution is 2.25. The Kier molecular flexibility index (Phi) is 9.37. The number of alkyl halides is 1. The second kappa shape index (κ2) is 11.8. The zero-order chi connectivity index (χ0) is 20.4. The Morgan fingerprint density at radius 1 is 0.714 bits per heavy atom. The van der Waals surface area contributed by atoms with Gasteiger partial charge in [0.15, 0.2) is 0 Å². The molecule has 0 aromatic heterocycles. The summed E-state index contributed by atoms with van der Waals surface area (Å²) in [5.41, 5.74) is 0. The molecule has 2 unspecified atom stereocenters. The molecule has 2 aromatic rings. The minimum atomic E-state index is -0.692. The number of rotatable bonds is 12. The fourth-order valence-corrected chi connectivity index (χ4v) is 2.21. The Labute approximate surface area is 170 Å². The van der Waals surface area contributed by atoms with Gasteiger partial charge in [0, 0.05) is 0 Å². The van der Waals surface area contributed by atoms with Gasteiger partial charge in [-0.2, -0.15) is 0 Å². The van der Waals surface area contributed by atoms with Crippen molar-refractivity contribution in [3.05, 3.63) is 48.5 Å². The maximum Gasteiger partial charge on any atom is 0.127 e. The monoisotopic (exact) mass is 410 g/mol.